The maximum absolute atomic E-state index is 13.2. The van der Waals surface area contributed by atoms with Gasteiger partial charge in [0, 0.05) is 72.7 Å². The zero-order valence-corrected chi connectivity index (χ0v) is 20.9. The third kappa shape index (κ3) is 5.39. The fourth-order valence-corrected chi connectivity index (χ4v) is 4.53. The fraction of sp³-hybridized carbons (Fsp3) is 0.207. The van der Waals surface area contributed by atoms with Crippen LogP contribution in [0.3, 0.4) is 0 Å². The Bertz CT molecular complexity index is 1480. The zero-order valence-electron chi connectivity index (χ0n) is 20.9. The zero-order chi connectivity index (χ0) is 25.9. The van der Waals surface area contributed by atoms with Crippen LogP contribution in [0.2, 0.25) is 0 Å². The number of benzene rings is 3. The first-order valence-electron chi connectivity index (χ1n) is 12.2. The predicted molar refractivity (Wildman–Crippen MR) is 148 cm³/mol. The average Bonchev–Trinajstić information content (AvgIpc) is 3.21. The highest BCUT2D eigenvalue weighted by molar-refractivity contribution is 6.13. The van der Waals surface area contributed by atoms with Gasteiger partial charge in [0.2, 0.25) is 5.91 Å². The van der Waals surface area contributed by atoms with Crippen molar-refractivity contribution in [3.8, 4) is 5.88 Å². The summed E-state index contributed by atoms with van der Waals surface area (Å²) in [7, 11) is 2.14. The number of fused-ring (bicyclic) bond motifs is 1. The van der Waals surface area contributed by atoms with Crippen LogP contribution in [0.1, 0.15) is 28.4 Å². The van der Waals surface area contributed by atoms with Crippen molar-refractivity contribution in [2.45, 2.75) is 6.92 Å². The number of H-pyrrole nitrogens is 1. The molecule has 1 amide bonds. The van der Waals surface area contributed by atoms with E-state index < -0.39 is 0 Å². The maximum atomic E-state index is 13.2. The van der Waals surface area contributed by atoms with Gasteiger partial charge in [-0.1, -0.05) is 12.1 Å². The van der Waals surface area contributed by atoms with Gasteiger partial charge in [-0.05, 0) is 61.6 Å². The third-order valence-electron chi connectivity index (χ3n) is 6.59. The molecule has 8 nitrogen and oxygen atoms in total. The van der Waals surface area contributed by atoms with Crippen LogP contribution in [0.15, 0.2) is 71.7 Å². The van der Waals surface area contributed by atoms with E-state index in [1.807, 2.05) is 12.1 Å². The van der Waals surface area contributed by atoms with Crippen molar-refractivity contribution in [1.82, 2.24) is 9.88 Å². The lowest BCUT2D eigenvalue weighted by molar-refractivity contribution is -0.114. The molecule has 0 atom stereocenters. The summed E-state index contributed by atoms with van der Waals surface area (Å²) in [6.45, 7) is 5.52. The van der Waals surface area contributed by atoms with Crippen LogP contribution in [0.5, 0.6) is 5.88 Å². The van der Waals surface area contributed by atoms with E-state index in [9.17, 15) is 14.7 Å². The Kier molecular flexibility index (Phi) is 6.74. The van der Waals surface area contributed by atoms with Crippen LogP contribution >= 0.6 is 0 Å². The Labute approximate surface area is 215 Å². The largest absolute Gasteiger partial charge is 0.494 e. The first-order valence-corrected chi connectivity index (χ1v) is 12.2. The summed E-state index contributed by atoms with van der Waals surface area (Å²) in [5, 5.41) is 13.9. The second kappa shape index (κ2) is 10.3. The molecule has 1 aliphatic rings. The van der Waals surface area contributed by atoms with E-state index in [1.165, 1.54) is 12.6 Å². The number of carbonyl (C=O) groups excluding carboxylic acids is 2. The minimum absolute atomic E-state index is 0.00920. The molecule has 0 spiro atoms. The molecule has 2 heterocycles. The molecule has 4 aromatic rings. The summed E-state index contributed by atoms with van der Waals surface area (Å²) < 4.78 is 0. The molecular weight excluding hydrogens is 466 g/mol. The average molecular weight is 496 g/mol. The monoisotopic (exact) mass is 495 g/mol. The Morgan fingerprint density at radius 2 is 1.70 bits per heavy atom. The van der Waals surface area contributed by atoms with E-state index in [0.717, 1.165) is 31.9 Å². The molecule has 0 aliphatic carbocycles. The topological polar surface area (TPSA) is 101 Å². The molecule has 1 saturated heterocycles. The Morgan fingerprint density at radius 3 is 2.43 bits per heavy atom. The summed E-state index contributed by atoms with van der Waals surface area (Å²) in [5.74, 6) is -0.394. The minimum atomic E-state index is -0.202. The minimum Gasteiger partial charge on any atom is -0.494 e. The van der Waals surface area contributed by atoms with Crippen molar-refractivity contribution in [3.63, 3.8) is 0 Å². The van der Waals surface area contributed by atoms with Crippen molar-refractivity contribution in [3.05, 3.63) is 83.4 Å². The first-order chi connectivity index (χ1) is 17.9. The lowest BCUT2D eigenvalue weighted by atomic mass is 10.0. The van der Waals surface area contributed by atoms with Crippen molar-refractivity contribution < 1.29 is 14.7 Å². The molecule has 3 aromatic carbocycles. The maximum Gasteiger partial charge on any atom is 0.221 e. The normalized spacial score (nSPS) is 14.4. The van der Waals surface area contributed by atoms with E-state index >= 15 is 0 Å². The summed E-state index contributed by atoms with van der Waals surface area (Å²) in [6.07, 6.45) is 1.62. The number of hydrogen-bond acceptors (Lipinski definition) is 6. The van der Waals surface area contributed by atoms with E-state index in [2.05, 4.69) is 44.3 Å². The number of amides is 1. The van der Waals surface area contributed by atoms with Gasteiger partial charge in [-0.25, -0.2) is 0 Å². The highest BCUT2D eigenvalue weighted by Crippen LogP contribution is 2.29. The molecule has 188 valence electrons. The number of aromatic nitrogens is 1. The Hall–Kier alpha value is -4.43. The van der Waals surface area contributed by atoms with Gasteiger partial charge in [0.25, 0.3) is 0 Å². The number of aromatic amines is 1. The number of carbonyl (C=O) groups is 2. The van der Waals surface area contributed by atoms with Crippen LogP contribution in [-0.4, -0.2) is 66.1 Å². The second-order valence-corrected chi connectivity index (χ2v) is 9.30. The Morgan fingerprint density at radius 1 is 0.973 bits per heavy atom. The van der Waals surface area contributed by atoms with Gasteiger partial charge in [-0.3, -0.25) is 14.6 Å². The number of ketones is 1. The van der Waals surface area contributed by atoms with Gasteiger partial charge in [-0.15, -0.1) is 0 Å². The molecule has 5 rings (SSSR count). The number of anilines is 2. The molecule has 0 saturated carbocycles. The quantitative estimate of drug-likeness (QED) is 0.269. The lowest BCUT2D eigenvalue weighted by Gasteiger charge is -2.34. The Balaban J connectivity index is 1.38. The first kappa shape index (κ1) is 24.3. The van der Waals surface area contributed by atoms with E-state index in [1.54, 1.807) is 48.7 Å². The molecule has 0 radical (unpaired) electrons. The number of piperazine rings is 1. The highest BCUT2D eigenvalue weighted by Gasteiger charge is 2.16. The van der Waals surface area contributed by atoms with Gasteiger partial charge < -0.3 is 25.2 Å². The van der Waals surface area contributed by atoms with Gasteiger partial charge in [0.05, 0.1) is 11.3 Å². The van der Waals surface area contributed by atoms with Crippen LogP contribution in [0, 0.1) is 0 Å². The van der Waals surface area contributed by atoms with Crippen LogP contribution in [-0.2, 0) is 4.79 Å². The van der Waals surface area contributed by atoms with Crippen molar-refractivity contribution in [1.29, 1.82) is 0 Å². The molecular formula is C29H29N5O3. The number of hydrogen-bond donors (Lipinski definition) is 3. The predicted octanol–water partition coefficient (Wildman–Crippen LogP) is 4.57. The van der Waals surface area contributed by atoms with Gasteiger partial charge in [0.15, 0.2) is 11.7 Å². The van der Waals surface area contributed by atoms with E-state index in [4.69, 9.17) is 0 Å². The number of rotatable bonds is 6. The molecule has 3 N–H and O–H groups in total. The molecule has 0 bridgehead atoms. The summed E-state index contributed by atoms with van der Waals surface area (Å²) >= 11 is 0. The number of likely N-dealkylation sites (N-methyl/N-ethyl adjacent to an activating group) is 1. The molecule has 1 aromatic heterocycles. The number of nitrogens with one attached hydrogen (secondary N) is 2. The molecule has 1 aliphatic heterocycles. The van der Waals surface area contributed by atoms with E-state index in [0.29, 0.717) is 33.3 Å². The lowest BCUT2D eigenvalue weighted by Crippen LogP contribution is -2.44. The molecule has 8 heteroatoms. The standard InChI is InChI=1S/C29H29N5O3/c1-19(35)31-23-5-3-4-20(16-23)28(36)21-6-11-27-25(17-21)26(29(37)32-27)18-30-22-7-9-24(10-8-22)34-14-12-33(2)13-15-34/h3-11,16-18,32,37H,12-15H2,1-2H3,(H,31,35). The van der Waals surface area contributed by atoms with Gasteiger partial charge in [0.1, 0.15) is 0 Å². The van der Waals surface area contributed by atoms with Crippen LogP contribution in [0.25, 0.3) is 10.9 Å². The number of aromatic hydroxyl groups is 1. The molecule has 0 unspecified atom stereocenters. The van der Waals surface area contributed by atoms with Crippen molar-refractivity contribution >= 4 is 45.9 Å². The third-order valence-corrected chi connectivity index (χ3v) is 6.59. The fourth-order valence-electron chi connectivity index (χ4n) is 4.53. The van der Waals surface area contributed by atoms with Gasteiger partial charge >= 0.3 is 0 Å². The SMILES string of the molecule is CC(=O)Nc1cccc(C(=O)c2ccc3[nH]c(O)c(C=Nc4ccc(N5CCN(C)CC5)cc4)c3c2)c1. The summed E-state index contributed by atoms with van der Waals surface area (Å²) in [5.41, 5.74) is 4.65. The molecule has 1 fully saturated rings. The van der Waals surface area contributed by atoms with Crippen LogP contribution in [0.4, 0.5) is 17.1 Å². The van der Waals surface area contributed by atoms with E-state index in [-0.39, 0.29) is 17.6 Å². The smallest absolute Gasteiger partial charge is 0.221 e. The van der Waals surface area contributed by atoms with Crippen molar-refractivity contribution in [2.24, 2.45) is 4.99 Å². The second-order valence-electron chi connectivity index (χ2n) is 9.30. The number of aliphatic imine (C=N–C) groups is 1. The summed E-state index contributed by atoms with van der Waals surface area (Å²) in [6, 6.07) is 20.1. The summed E-state index contributed by atoms with van der Waals surface area (Å²) in [4.78, 5) is 36.8. The van der Waals surface area contributed by atoms with Gasteiger partial charge in [-0.2, -0.15) is 0 Å². The molecule has 37 heavy (non-hydrogen) atoms. The number of nitrogens with zero attached hydrogens (tertiary/aromatic N) is 3. The van der Waals surface area contributed by atoms with Crippen molar-refractivity contribution in [2.75, 3.05) is 43.4 Å². The van der Waals surface area contributed by atoms with Crippen LogP contribution < -0.4 is 10.2 Å². The highest BCUT2D eigenvalue weighted by atomic mass is 16.3.